The summed E-state index contributed by atoms with van der Waals surface area (Å²) in [7, 11) is 0. The summed E-state index contributed by atoms with van der Waals surface area (Å²) in [6, 6.07) is 5.35. The Bertz CT molecular complexity index is 945. The van der Waals surface area contributed by atoms with Crippen molar-refractivity contribution < 1.29 is 18.0 Å². The Hall–Kier alpha value is -2.53. The van der Waals surface area contributed by atoms with Gasteiger partial charge in [0.15, 0.2) is 23.3 Å². The van der Waals surface area contributed by atoms with Crippen LogP contribution < -0.4 is 11.2 Å². The number of nitrogen functional groups attached to an aromatic ring is 1. The summed E-state index contributed by atoms with van der Waals surface area (Å²) < 4.78 is 41.1. The lowest BCUT2D eigenvalue weighted by molar-refractivity contribution is -0.115. The van der Waals surface area contributed by atoms with E-state index in [0.29, 0.717) is 5.82 Å². The number of carbonyl (C=O) groups is 1. The third-order valence-corrected chi connectivity index (χ3v) is 5.27. The highest BCUT2D eigenvalue weighted by atomic mass is 32.2. The van der Waals surface area contributed by atoms with Crippen LogP contribution in [0.1, 0.15) is 6.92 Å². The van der Waals surface area contributed by atoms with Crippen LogP contribution in [-0.4, -0.2) is 26.0 Å². The Labute approximate surface area is 154 Å². The number of halogens is 3. The number of carbonyl (C=O) groups excluding carboxylic acids is 1. The van der Waals surface area contributed by atoms with Gasteiger partial charge in [0, 0.05) is 0 Å². The fourth-order valence-electron chi connectivity index (χ4n) is 2.00. The second kappa shape index (κ2) is 7.38. The average Bonchev–Trinajstić information content (AvgIpc) is 3.26. The summed E-state index contributed by atoms with van der Waals surface area (Å²) in [6.45, 7) is 1.54. The van der Waals surface area contributed by atoms with Crippen molar-refractivity contribution in [1.82, 2.24) is 14.9 Å². The number of hydrogen-bond acceptors (Lipinski definition) is 6. The number of nitrogens with one attached hydrogen (secondary N) is 1. The summed E-state index contributed by atoms with van der Waals surface area (Å²) in [5, 5.41) is 11.5. The second-order valence-corrected chi connectivity index (χ2v) is 7.38. The number of anilines is 1. The number of amides is 1. The molecule has 0 spiro atoms. The standard InChI is InChI=1S/C15H12F3N5OS2/c1-7(14(24)20-9-5-4-8(16)11(17)12(9)18)26-15-22-21-13(23(15)19)10-3-2-6-25-10/h2-7H,19H2,1H3,(H,20,24)/t7-/m1/s1. The first-order chi connectivity index (χ1) is 12.4. The first-order valence-corrected chi connectivity index (χ1v) is 8.99. The fourth-order valence-corrected chi connectivity index (χ4v) is 3.48. The molecule has 0 saturated heterocycles. The van der Waals surface area contributed by atoms with E-state index in [2.05, 4.69) is 15.5 Å². The molecule has 0 aliphatic heterocycles. The van der Waals surface area contributed by atoms with Gasteiger partial charge < -0.3 is 11.2 Å². The van der Waals surface area contributed by atoms with E-state index in [9.17, 15) is 18.0 Å². The topological polar surface area (TPSA) is 85.8 Å². The molecule has 6 nitrogen and oxygen atoms in total. The van der Waals surface area contributed by atoms with Gasteiger partial charge in [0.1, 0.15) is 0 Å². The molecule has 0 saturated carbocycles. The number of benzene rings is 1. The van der Waals surface area contributed by atoms with Gasteiger partial charge in [-0.2, -0.15) is 0 Å². The lowest BCUT2D eigenvalue weighted by Crippen LogP contribution is -2.24. The van der Waals surface area contributed by atoms with E-state index in [0.717, 1.165) is 28.8 Å². The summed E-state index contributed by atoms with van der Waals surface area (Å²) in [4.78, 5) is 13.0. The van der Waals surface area contributed by atoms with Crippen molar-refractivity contribution in [2.45, 2.75) is 17.3 Å². The van der Waals surface area contributed by atoms with Gasteiger partial charge in [0.2, 0.25) is 11.1 Å². The van der Waals surface area contributed by atoms with E-state index in [4.69, 9.17) is 5.84 Å². The Morgan fingerprint density at radius 3 is 2.73 bits per heavy atom. The van der Waals surface area contributed by atoms with Gasteiger partial charge in [-0.05, 0) is 30.5 Å². The van der Waals surface area contributed by atoms with E-state index in [1.165, 1.54) is 22.9 Å². The maximum atomic E-state index is 13.7. The van der Waals surface area contributed by atoms with Crippen LogP contribution in [0.15, 0.2) is 34.8 Å². The molecular weight excluding hydrogens is 387 g/mol. The Morgan fingerprint density at radius 1 is 1.27 bits per heavy atom. The molecule has 0 unspecified atom stereocenters. The summed E-state index contributed by atoms with van der Waals surface area (Å²) >= 11 is 2.43. The molecule has 0 radical (unpaired) electrons. The Morgan fingerprint density at radius 2 is 2.04 bits per heavy atom. The molecule has 3 N–H and O–H groups in total. The van der Waals surface area contributed by atoms with Crippen LogP contribution in [0.25, 0.3) is 10.7 Å². The predicted octanol–water partition coefficient (Wildman–Crippen LogP) is 3.26. The van der Waals surface area contributed by atoms with Crippen LogP contribution in [0, 0.1) is 17.5 Å². The number of nitrogens with two attached hydrogens (primary N) is 1. The zero-order chi connectivity index (χ0) is 18.8. The molecule has 0 bridgehead atoms. The predicted molar refractivity (Wildman–Crippen MR) is 93.8 cm³/mol. The average molecular weight is 399 g/mol. The van der Waals surface area contributed by atoms with Crippen LogP contribution in [0.2, 0.25) is 0 Å². The molecule has 0 aliphatic carbocycles. The molecule has 11 heteroatoms. The third kappa shape index (κ3) is 3.53. The van der Waals surface area contributed by atoms with Crippen molar-refractivity contribution in [2.75, 3.05) is 11.2 Å². The maximum Gasteiger partial charge on any atom is 0.237 e. The van der Waals surface area contributed by atoms with Crippen LogP contribution in [0.5, 0.6) is 0 Å². The molecule has 0 aliphatic rings. The Balaban J connectivity index is 1.71. The number of nitrogens with zero attached hydrogens (tertiary/aromatic N) is 3. The zero-order valence-corrected chi connectivity index (χ0v) is 14.9. The lowest BCUT2D eigenvalue weighted by atomic mass is 10.2. The van der Waals surface area contributed by atoms with Gasteiger partial charge in [-0.3, -0.25) is 4.79 Å². The van der Waals surface area contributed by atoms with Gasteiger partial charge in [-0.25, -0.2) is 17.8 Å². The minimum absolute atomic E-state index is 0.279. The molecule has 1 atom stereocenters. The van der Waals surface area contributed by atoms with E-state index >= 15 is 0 Å². The molecule has 0 fully saturated rings. The van der Waals surface area contributed by atoms with E-state index in [1.54, 1.807) is 0 Å². The molecule has 1 aromatic carbocycles. The van der Waals surface area contributed by atoms with Gasteiger partial charge in [-0.1, -0.05) is 17.8 Å². The number of hydrogen-bond donors (Lipinski definition) is 2. The van der Waals surface area contributed by atoms with E-state index in [1.807, 2.05) is 17.5 Å². The molecule has 2 heterocycles. The molecule has 3 aromatic rings. The first-order valence-electron chi connectivity index (χ1n) is 7.24. The SMILES string of the molecule is C[C@@H](Sc1nnc(-c2cccs2)n1N)C(=O)Nc1ccc(F)c(F)c1F. The number of rotatable bonds is 5. The number of thioether (sulfide) groups is 1. The van der Waals surface area contributed by atoms with Gasteiger partial charge in [0.05, 0.1) is 15.8 Å². The van der Waals surface area contributed by atoms with Crippen LogP contribution in [0.4, 0.5) is 18.9 Å². The number of aromatic nitrogens is 3. The fraction of sp³-hybridized carbons (Fsp3) is 0.133. The van der Waals surface area contributed by atoms with Crippen molar-refractivity contribution in [3.05, 3.63) is 47.1 Å². The van der Waals surface area contributed by atoms with Crippen molar-refractivity contribution in [3.63, 3.8) is 0 Å². The lowest BCUT2D eigenvalue weighted by Gasteiger charge is -2.12. The molecule has 26 heavy (non-hydrogen) atoms. The van der Waals surface area contributed by atoms with Gasteiger partial charge in [-0.15, -0.1) is 21.5 Å². The van der Waals surface area contributed by atoms with Crippen molar-refractivity contribution in [3.8, 4) is 10.7 Å². The highest BCUT2D eigenvalue weighted by Gasteiger charge is 2.22. The summed E-state index contributed by atoms with van der Waals surface area (Å²) in [5.74, 6) is 1.33. The maximum absolute atomic E-state index is 13.7. The molecule has 3 rings (SSSR count). The Kier molecular flexibility index (Phi) is 5.18. The quantitative estimate of drug-likeness (QED) is 0.391. The van der Waals surface area contributed by atoms with Crippen LogP contribution in [-0.2, 0) is 4.79 Å². The number of thiophene rings is 1. The zero-order valence-electron chi connectivity index (χ0n) is 13.2. The van der Waals surface area contributed by atoms with Gasteiger partial charge >= 0.3 is 0 Å². The molecule has 1 amide bonds. The monoisotopic (exact) mass is 399 g/mol. The van der Waals surface area contributed by atoms with Crippen LogP contribution in [0.3, 0.4) is 0 Å². The van der Waals surface area contributed by atoms with Crippen molar-refractivity contribution in [1.29, 1.82) is 0 Å². The highest BCUT2D eigenvalue weighted by molar-refractivity contribution is 8.00. The summed E-state index contributed by atoms with van der Waals surface area (Å²) in [5.41, 5.74) is -0.449. The summed E-state index contributed by atoms with van der Waals surface area (Å²) in [6.07, 6.45) is 0. The van der Waals surface area contributed by atoms with Crippen LogP contribution >= 0.6 is 23.1 Å². The third-order valence-electron chi connectivity index (χ3n) is 3.35. The molecule has 136 valence electrons. The molecular formula is C15H12F3N5OS2. The first kappa shape index (κ1) is 18.3. The van der Waals surface area contributed by atoms with E-state index < -0.39 is 34.3 Å². The van der Waals surface area contributed by atoms with Crippen molar-refractivity contribution >= 4 is 34.7 Å². The second-order valence-electron chi connectivity index (χ2n) is 5.13. The van der Waals surface area contributed by atoms with Gasteiger partial charge in [0.25, 0.3) is 0 Å². The van der Waals surface area contributed by atoms with Crippen molar-refractivity contribution in [2.24, 2.45) is 0 Å². The van der Waals surface area contributed by atoms with E-state index in [-0.39, 0.29) is 5.16 Å². The minimum atomic E-state index is -1.65. The highest BCUT2D eigenvalue weighted by Crippen LogP contribution is 2.28. The molecule has 2 aromatic heterocycles. The largest absolute Gasteiger partial charge is 0.335 e. The smallest absolute Gasteiger partial charge is 0.237 e. The minimum Gasteiger partial charge on any atom is -0.335 e. The normalized spacial score (nSPS) is 12.2.